The van der Waals surface area contributed by atoms with Crippen molar-refractivity contribution in [2.24, 2.45) is 0 Å². The van der Waals surface area contributed by atoms with Crippen molar-refractivity contribution in [3.05, 3.63) is 206 Å². The van der Waals surface area contributed by atoms with Gasteiger partial charge < -0.3 is 0 Å². The summed E-state index contributed by atoms with van der Waals surface area (Å²) in [6, 6.07) is 74.1. The summed E-state index contributed by atoms with van der Waals surface area (Å²) in [7, 11) is 0. The minimum atomic E-state index is 0.608. The first-order valence-corrected chi connectivity index (χ1v) is 21.8. The van der Waals surface area contributed by atoms with Crippen LogP contribution in [0.3, 0.4) is 0 Å². The summed E-state index contributed by atoms with van der Waals surface area (Å²) in [4.78, 5) is 20.8. The summed E-state index contributed by atoms with van der Waals surface area (Å²) in [5.74, 6) is 1.84. The van der Waals surface area contributed by atoms with E-state index in [1.165, 1.54) is 77.2 Å². The highest BCUT2D eigenvalue weighted by molar-refractivity contribution is 6.20. The smallest absolute Gasteiger partial charge is 0.164 e. The van der Waals surface area contributed by atoms with E-state index in [-0.39, 0.29) is 0 Å². The maximum absolute atomic E-state index is 5.35. The van der Waals surface area contributed by atoms with Gasteiger partial charge in [-0.2, -0.15) is 0 Å². The van der Waals surface area contributed by atoms with E-state index in [0.717, 1.165) is 49.6 Å². The molecule has 12 aromatic rings. The lowest BCUT2D eigenvalue weighted by Gasteiger charge is -2.16. The Balaban J connectivity index is 1.02. The molecule has 0 atom stereocenters. The first-order chi connectivity index (χ1) is 31.7. The molecule has 0 amide bonds. The fourth-order valence-electron chi connectivity index (χ4n) is 10.5. The number of para-hydroxylation sites is 1. The van der Waals surface area contributed by atoms with Crippen molar-refractivity contribution in [3.63, 3.8) is 0 Å². The van der Waals surface area contributed by atoms with Gasteiger partial charge in [0.1, 0.15) is 0 Å². The second-order valence-electron chi connectivity index (χ2n) is 16.9. The molecule has 14 rings (SSSR count). The standard InChI is InChI=1S/C60H34N4/c1-2-12-35(13-3-1)58-62-59(37-24-29-55-40(31-37)30-36-14-4-9-23-54(36)61-55)64-60(63-58)41-33-38(42-25-27-52-46-17-7-5-15-44(46)50-21-10-19-48(42)56(50)52)32-39(34-41)43-26-28-53-47-18-8-6-16-45(47)51-22-11-20-49(43)57(51)53/h1-34H. The molecule has 0 bridgehead atoms. The van der Waals surface area contributed by atoms with E-state index in [4.69, 9.17) is 19.9 Å². The highest BCUT2D eigenvalue weighted by Gasteiger charge is 2.25. The zero-order valence-corrected chi connectivity index (χ0v) is 34.4. The number of nitrogens with zero attached hydrogens (tertiary/aromatic N) is 4. The van der Waals surface area contributed by atoms with Gasteiger partial charge in [-0.25, -0.2) is 19.9 Å². The van der Waals surface area contributed by atoms with Crippen LogP contribution < -0.4 is 0 Å². The predicted molar refractivity (Wildman–Crippen MR) is 264 cm³/mol. The van der Waals surface area contributed by atoms with Gasteiger partial charge in [-0.15, -0.1) is 0 Å². The third-order valence-electron chi connectivity index (χ3n) is 13.4. The Morgan fingerprint density at radius 2 is 0.672 bits per heavy atom. The maximum atomic E-state index is 5.35. The number of benzene rings is 10. The lowest BCUT2D eigenvalue weighted by atomic mass is 9.89. The van der Waals surface area contributed by atoms with Crippen molar-refractivity contribution in [3.8, 4) is 101 Å². The number of hydrogen-bond donors (Lipinski definition) is 0. The molecule has 294 valence electrons. The summed E-state index contributed by atoms with van der Waals surface area (Å²) >= 11 is 0. The number of rotatable bonds is 5. The second-order valence-corrected chi connectivity index (χ2v) is 16.9. The zero-order chi connectivity index (χ0) is 41.9. The van der Waals surface area contributed by atoms with Gasteiger partial charge in [0.2, 0.25) is 0 Å². The number of aromatic nitrogens is 4. The molecule has 64 heavy (non-hydrogen) atoms. The SMILES string of the molecule is c1ccc(-c2nc(-c3cc(-c4ccc5c6c(cccc46)-c4ccccc4-5)cc(-c4ccc5c6c(cccc46)-c4ccccc4-5)c3)nc(-c3ccc4nc5ccccc5cc4c3)n2)cc1. The number of pyridine rings is 1. The van der Waals surface area contributed by atoms with E-state index in [1.807, 2.05) is 24.3 Å². The fourth-order valence-corrected chi connectivity index (χ4v) is 10.5. The Morgan fingerprint density at radius 3 is 1.28 bits per heavy atom. The molecule has 0 radical (unpaired) electrons. The first-order valence-electron chi connectivity index (χ1n) is 21.8. The van der Waals surface area contributed by atoms with Crippen molar-refractivity contribution >= 4 is 43.4 Å². The second kappa shape index (κ2) is 13.4. The van der Waals surface area contributed by atoms with Crippen LogP contribution in [-0.2, 0) is 0 Å². The lowest BCUT2D eigenvalue weighted by molar-refractivity contribution is 1.07. The van der Waals surface area contributed by atoms with E-state index in [9.17, 15) is 0 Å². The largest absolute Gasteiger partial charge is 0.248 e. The number of fused-ring (bicyclic) bond motifs is 8. The summed E-state index contributed by atoms with van der Waals surface area (Å²) in [5, 5.41) is 7.17. The maximum Gasteiger partial charge on any atom is 0.164 e. The minimum Gasteiger partial charge on any atom is -0.248 e. The van der Waals surface area contributed by atoms with E-state index >= 15 is 0 Å². The van der Waals surface area contributed by atoms with Gasteiger partial charge in [0.05, 0.1) is 11.0 Å². The van der Waals surface area contributed by atoms with E-state index < -0.39 is 0 Å². The molecule has 4 nitrogen and oxygen atoms in total. The molecule has 2 aliphatic carbocycles. The Morgan fingerprint density at radius 1 is 0.219 bits per heavy atom. The molecule has 0 N–H and O–H groups in total. The van der Waals surface area contributed by atoms with Crippen LogP contribution >= 0.6 is 0 Å². The van der Waals surface area contributed by atoms with Gasteiger partial charge in [-0.05, 0) is 137 Å². The molecule has 0 spiro atoms. The summed E-state index contributed by atoms with van der Waals surface area (Å²) in [6.45, 7) is 0. The van der Waals surface area contributed by atoms with Gasteiger partial charge in [0, 0.05) is 27.5 Å². The Labute approximate surface area is 368 Å². The molecule has 10 aromatic carbocycles. The molecule has 0 fully saturated rings. The normalized spacial score (nSPS) is 12.1. The highest BCUT2D eigenvalue weighted by Crippen LogP contribution is 2.52. The Hall–Kier alpha value is -8.60. The highest BCUT2D eigenvalue weighted by atomic mass is 15.0. The van der Waals surface area contributed by atoms with Crippen molar-refractivity contribution in [1.82, 2.24) is 19.9 Å². The molecule has 0 unspecified atom stereocenters. The van der Waals surface area contributed by atoms with Crippen LogP contribution in [0.2, 0.25) is 0 Å². The van der Waals surface area contributed by atoms with Crippen molar-refractivity contribution in [2.45, 2.75) is 0 Å². The molecular weight excluding hydrogens is 777 g/mol. The Kier molecular flexibility index (Phi) is 7.36. The van der Waals surface area contributed by atoms with Gasteiger partial charge in [-0.3, -0.25) is 0 Å². The van der Waals surface area contributed by atoms with Crippen LogP contribution in [0.1, 0.15) is 0 Å². The summed E-state index contributed by atoms with van der Waals surface area (Å²) in [5.41, 5.74) is 19.4. The first kappa shape index (κ1) is 35.0. The van der Waals surface area contributed by atoms with Crippen molar-refractivity contribution < 1.29 is 0 Å². The van der Waals surface area contributed by atoms with Crippen LogP contribution in [0.5, 0.6) is 0 Å². The monoisotopic (exact) mass is 810 g/mol. The van der Waals surface area contributed by atoms with Gasteiger partial charge >= 0.3 is 0 Å². The fraction of sp³-hybridized carbons (Fsp3) is 0. The topological polar surface area (TPSA) is 51.6 Å². The molecule has 0 aliphatic heterocycles. The van der Waals surface area contributed by atoms with Gasteiger partial charge in [0.15, 0.2) is 17.5 Å². The van der Waals surface area contributed by atoms with Crippen LogP contribution in [0.4, 0.5) is 0 Å². The average Bonchev–Trinajstić information content (AvgIpc) is 3.87. The van der Waals surface area contributed by atoms with E-state index in [0.29, 0.717) is 17.5 Å². The van der Waals surface area contributed by atoms with Crippen LogP contribution in [0, 0.1) is 0 Å². The van der Waals surface area contributed by atoms with Crippen molar-refractivity contribution in [1.29, 1.82) is 0 Å². The Bertz CT molecular complexity index is 3750. The molecule has 4 heteroatoms. The predicted octanol–water partition coefficient (Wildman–Crippen LogP) is 15.5. The lowest BCUT2D eigenvalue weighted by Crippen LogP contribution is -2.01. The van der Waals surface area contributed by atoms with E-state index in [2.05, 4.69) is 182 Å². The van der Waals surface area contributed by atoms with Crippen LogP contribution in [0.15, 0.2) is 206 Å². The van der Waals surface area contributed by atoms with Gasteiger partial charge in [0.25, 0.3) is 0 Å². The molecule has 2 aromatic heterocycles. The zero-order valence-electron chi connectivity index (χ0n) is 34.4. The average molecular weight is 811 g/mol. The van der Waals surface area contributed by atoms with E-state index in [1.54, 1.807) is 0 Å². The third kappa shape index (κ3) is 5.23. The number of hydrogen-bond acceptors (Lipinski definition) is 4. The van der Waals surface area contributed by atoms with Crippen LogP contribution in [-0.4, -0.2) is 19.9 Å². The molecule has 2 aliphatic rings. The molecular formula is C60H34N4. The van der Waals surface area contributed by atoms with Gasteiger partial charge in [-0.1, -0.05) is 158 Å². The third-order valence-corrected chi connectivity index (χ3v) is 13.4. The quantitative estimate of drug-likeness (QED) is 0.163. The van der Waals surface area contributed by atoms with Crippen molar-refractivity contribution in [2.75, 3.05) is 0 Å². The molecule has 2 heterocycles. The van der Waals surface area contributed by atoms with Crippen LogP contribution in [0.25, 0.3) is 144 Å². The summed E-state index contributed by atoms with van der Waals surface area (Å²) in [6.07, 6.45) is 0. The minimum absolute atomic E-state index is 0.608. The molecule has 0 saturated carbocycles. The molecule has 0 saturated heterocycles. The summed E-state index contributed by atoms with van der Waals surface area (Å²) < 4.78 is 0.